The molecule has 0 aromatic carbocycles. The van der Waals surface area contributed by atoms with Gasteiger partial charge in [-0.15, -0.1) is 0 Å². The average Bonchev–Trinajstić information content (AvgIpc) is 3.20. The number of carbonyl (C=O) groups excluding carboxylic acids is 2. The number of thioether (sulfide) groups is 1. The summed E-state index contributed by atoms with van der Waals surface area (Å²) in [5.74, 6) is 1.74. The summed E-state index contributed by atoms with van der Waals surface area (Å²) in [4.78, 5) is 23.2. The minimum absolute atomic E-state index is 0.0594. The van der Waals surface area contributed by atoms with Gasteiger partial charge < -0.3 is 15.1 Å². The van der Waals surface area contributed by atoms with Gasteiger partial charge in [0.1, 0.15) is 0 Å². The molecule has 0 spiro atoms. The summed E-state index contributed by atoms with van der Waals surface area (Å²) in [6.45, 7) is 0.938. The zero-order chi connectivity index (χ0) is 15.6. The molecule has 0 saturated heterocycles. The van der Waals surface area contributed by atoms with Gasteiger partial charge in [-0.3, -0.25) is 9.59 Å². The highest BCUT2D eigenvalue weighted by Gasteiger charge is 2.08. The van der Waals surface area contributed by atoms with E-state index in [1.54, 1.807) is 35.2 Å². The Morgan fingerprint density at radius 2 is 2.14 bits per heavy atom. The van der Waals surface area contributed by atoms with Crippen molar-refractivity contribution in [1.29, 1.82) is 0 Å². The van der Waals surface area contributed by atoms with Gasteiger partial charge in [0.25, 0.3) is 5.91 Å². The van der Waals surface area contributed by atoms with E-state index in [1.165, 1.54) is 11.8 Å². The molecule has 2 N–H and O–H groups in total. The second-order valence-corrected chi connectivity index (χ2v) is 6.40. The minimum Gasteiger partial charge on any atom is -0.459 e. The fourth-order valence-corrected chi connectivity index (χ4v) is 3.28. The molecule has 0 aliphatic carbocycles. The lowest BCUT2D eigenvalue weighted by atomic mass is 10.3. The molecule has 2 amide bonds. The van der Waals surface area contributed by atoms with Crippen molar-refractivity contribution >= 4 is 34.9 Å². The maximum atomic E-state index is 11.6. The summed E-state index contributed by atoms with van der Waals surface area (Å²) in [5, 5.41) is 9.67. The van der Waals surface area contributed by atoms with Gasteiger partial charge in [0, 0.05) is 31.0 Å². The van der Waals surface area contributed by atoms with Crippen molar-refractivity contribution in [3.05, 3.63) is 46.5 Å². The summed E-state index contributed by atoms with van der Waals surface area (Å²) < 4.78 is 4.96. The van der Waals surface area contributed by atoms with Crippen molar-refractivity contribution in [2.24, 2.45) is 0 Å². The van der Waals surface area contributed by atoms with Crippen LogP contribution in [0.25, 0.3) is 0 Å². The molecule has 0 fully saturated rings. The number of hydrogen-bond acceptors (Lipinski definition) is 5. The fourth-order valence-electron chi connectivity index (χ4n) is 1.70. The smallest absolute Gasteiger partial charge is 0.286 e. The third-order valence-corrected chi connectivity index (χ3v) is 4.56. The normalized spacial score (nSPS) is 10.4. The van der Waals surface area contributed by atoms with E-state index in [9.17, 15) is 9.59 Å². The van der Waals surface area contributed by atoms with Crippen molar-refractivity contribution < 1.29 is 14.0 Å². The lowest BCUT2D eigenvalue weighted by molar-refractivity contribution is -0.120. The third kappa shape index (κ3) is 5.95. The molecule has 118 valence electrons. The Hall–Kier alpha value is -1.73. The first-order valence-corrected chi connectivity index (χ1v) is 9.02. The van der Waals surface area contributed by atoms with Crippen LogP contribution in [-0.2, 0) is 10.5 Å². The van der Waals surface area contributed by atoms with Gasteiger partial charge in [-0.2, -0.15) is 23.1 Å². The number of furan rings is 1. The summed E-state index contributed by atoms with van der Waals surface area (Å²) in [7, 11) is 0. The monoisotopic (exact) mass is 338 g/mol. The molecule has 0 saturated carbocycles. The van der Waals surface area contributed by atoms with Crippen LogP contribution in [-0.4, -0.2) is 30.7 Å². The Morgan fingerprint density at radius 3 is 2.86 bits per heavy atom. The molecule has 0 atom stereocenters. The minimum atomic E-state index is -0.302. The third-order valence-electron chi connectivity index (χ3n) is 2.80. The SMILES string of the molecule is O=C(CCNC(=O)c1ccco1)NCCSCc1ccsc1. The van der Waals surface area contributed by atoms with Crippen LogP contribution in [0.15, 0.2) is 39.6 Å². The zero-order valence-corrected chi connectivity index (χ0v) is 13.7. The van der Waals surface area contributed by atoms with Crippen molar-refractivity contribution in [2.75, 3.05) is 18.8 Å². The molecule has 0 unspecified atom stereocenters. The molecule has 2 rings (SSSR count). The molecule has 0 aliphatic rings. The Balaban J connectivity index is 1.48. The first-order chi connectivity index (χ1) is 10.8. The van der Waals surface area contributed by atoms with Crippen LogP contribution >= 0.6 is 23.1 Å². The lowest BCUT2D eigenvalue weighted by Crippen LogP contribution is -2.31. The molecular formula is C15H18N2O3S2. The van der Waals surface area contributed by atoms with E-state index in [1.807, 2.05) is 0 Å². The molecule has 7 heteroatoms. The maximum absolute atomic E-state index is 11.6. The van der Waals surface area contributed by atoms with Crippen LogP contribution < -0.4 is 10.6 Å². The Bertz CT molecular complexity index is 568. The van der Waals surface area contributed by atoms with E-state index >= 15 is 0 Å². The molecule has 2 aromatic heterocycles. The average molecular weight is 338 g/mol. The van der Waals surface area contributed by atoms with E-state index in [-0.39, 0.29) is 24.0 Å². The number of carbonyl (C=O) groups is 2. The molecule has 2 heterocycles. The number of thiophene rings is 1. The molecule has 5 nitrogen and oxygen atoms in total. The largest absolute Gasteiger partial charge is 0.459 e. The first kappa shape index (κ1) is 16.6. The van der Waals surface area contributed by atoms with E-state index < -0.39 is 0 Å². The zero-order valence-electron chi connectivity index (χ0n) is 12.0. The summed E-state index contributed by atoms with van der Waals surface area (Å²) >= 11 is 3.48. The van der Waals surface area contributed by atoms with E-state index in [2.05, 4.69) is 27.5 Å². The highest BCUT2D eigenvalue weighted by molar-refractivity contribution is 7.98. The van der Waals surface area contributed by atoms with Crippen LogP contribution in [0.5, 0.6) is 0 Å². The summed E-state index contributed by atoms with van der Waals surface area (Å²) in [6, 6.07) is 5.34. The molecule has 0 radical (unpaired) electrons. The number of amides is 2. The van der Waals surface area contributed by atoms with Crippen molar-refractivity contribution in [3.8, 4) is 0 Å². The quantitative estimate of drug-likeness (QED) is 0.689. The van der Waals surface area contributed by atoms with Gasteiger partial charge in [0.15, 0.2) is 5.76 Å². The summed E-state index contributed by atoms with van der Waals surface area (Å²) in [6.07, 6.45) is 1.71. The van der Waals surface area contributed by atoms with Gasteiger partial charge >= 0.3 is 0 Å². The second kappa shape index (κ2) is 9.32. The van der Waals surface area contributed by atoms with Crippen LogP contribution in [0, 0.1) is 0 Å². The number of rotatable bonds is 9. The van der Waals surface area contributed by atoms with Gasteiger partial charge in [-0.1, -0.05) is 0 Å². The van der Waals surface area contributed by atoms with Crippen LogP contribution in [0.3, 0.4) is 0 Å². The van der Waals surface area contributed by atoms with Gasteiger partial charge in [0.2, 0.25) is 5.91 Å². The highest BCUT2D eigenvalue weighted by atomic mass is 32.2. The van der Waals surface area contributed by atoms with E-state index in [0.717, 1.165) is 11.5 Å². The molecular weight excluding hydrogens is 320 g/mol. The predicted molar refractivity (Wildman–Crippen MR) is 89.1 cm³/mol. The van der Waals surface area contributed by atoms with Crippen LogP contribution in [0.4, 0.5) is 0 Å². The molecule has 0 aliphatic heterocycles. The predicted octanol–water partition coefficient (Wildman–Crippen LogP) is 2.51. The number of nitrogens with one attached hydrogen (secondary N) is 2. The van der Waals surface area contributed by atoms with Crippen LogP contribution in [0.1, 0.15) is 22.5 Å². The maximum Gasteiger partial charge on any atom is 0.286 e. The topological polar surface area (TPSA) is 71.3 Å². The first-order valence-electron chi connectivity index (χ1n) is 6.93. The second-order valence-electron chi connectivity index (χ2n) is 4.52. The Kier molecular flexibility index (Phi) is 7.05. The van der Waals surface area contributed by atoms with E-state index in [0.29, 0.717) is 13.1 Å². The standard InChI is InChI=1S/C15H18N2O3S2/c18-14(3-5-17-15(19)13-2-1-7-20-13)16-6-9-22-11-12-4-8-21-10-12/h1-2,4,7-8,10H,3,5-6,9,11H2,(H,16,18)(H,17,19). The lowest BCUT2D eigenvalue weighted by Gasteiger charge is -2.05. The van der Waals surface area contributed by atoms with Gasteiger partial charge in [-0.25, -0.2) is 0 Å². The molecule has 22 heavy (non-hydrogen) atoms. The fraction of sp³-hybridized carbons (Fsp3) is 0.333. The highest BCUT2D eigenvalue weighted by Crippen LogP contribution is 2.14. The molecule has 0 bridgehead atoms. The van der Waals surface area contributed by atoms with E-state index in [4.69, 9.17) is 4.42 Å². The number of hydrogen-bond donors (Lipinski definition) is 2. The van der Waals surface area contributed by atoms with Crippen molar-refractivity contribution in [3.63, 3.8) is 0 Å². The van der Waals surface area contributed by atoms with Crippen LogP contribution in [0.2, 0.25) is 0 Å². The van der Waals surface area contributed by atoms with Crippen molar-refractivity contribution in [1.82, 2.24) is 10.6 Å². The van der Waals surface area contributed by atoms with Gasteiger partial charge in [0.05, 0.1) is 6.26 Å². The van der Waals surface area contributed by atoms with Gasteiger partial charge in [-0.05, 0) is 34.5 Å². The Morgan fingerprint density at radius 1 is 1.23 bits per heavy atom. The molecule has 2 aromatic rings. The van der Waals surface area contributed by atoms with Crippen molar-refractivity contribution in [2.45, 2.75) is 12.2 Å². The summed E-state index contributed by atoms with van der Waals surface area (Å²) in [5.41, 5.74) is 1.32. The Labute approximate surface area is 137 Å².